The number of carbonyl (C=O) groups is 1. The molecule has 1 aromatic rings. The molecule has 1 atom stereocenters. The van der Waals surface area contributed by atoms with Gasteiger partial charge in [-0.05, 0) is 36.1 Å². The number of amides is 1. The summed E-state index contributed by atoms with van der Waals surface area (Å²) in [4.78, 5) is 14.0. The van der Waals surface area contributed by atoms with E-state index in [0.717, 1.165) is 10.9 Å². The molecule has 110 valence electrons. The van der Waals surface area contributed by atoms with Gasteiger partial charge in [0, 0.05) is 23.6 Å². The predicted molar refractivity (Wildman–Crippen MR) is 82.6 cm³/mol. The Morgan fingerprint density at radius 3 is 2.70 bits per heavy atom. The minimum absolute atomic E-state index is 0.0212. The first-order chi connectivity index (χ1) is 9.38. The number of nitrogens with two attached hydrogens (primary N) is 1. The normalized spacial score (nSPS) is 21.6. The van der Waals surface area contributed by atoms with Gasteiger partial charge in [-0.2, -0.15) is 0 Å². The monoisotopic (exact) mass is 340 g/mol. The summed E-state index contributed by atoms with van der Waals surface area (Å²) in [6.45, 7) is 5.69. The molecule has 0 saturated carbocycles. The van der Waals surface area contributed by atoms with Gasteiger partial charge in [0.25, 0.3) is 5.91 Å². The van der Waals surface area contributed by atoms with Gasteiger partial charge in [-0.3, -0.25) is 4.79 Å². The van der Waals surface area contributed by atoms with Crippen molar-refractivity contribution in [1.82, 2.24) is 4.90 Å². The SMILES string of the molecule is CC1(C)CN(C(=O)COc2ccc(Br)cc2)CCC1N. The van der Waals surface area contributed by atoms with Crippen LogP contribution in [0.2, 0.25) is 0 Å². The number of piperidine rings is 1. The minimum Gasteiger partial charge on any atom is -0.484 e. The lowest BCUT2D eigenvalue weighted by Gasteiger charge is -2.42. The molecule has 20 heavy (non-hydrogen) atoms. The maximum atomic E-state index is 12.2. The molecule has 2 rings (SSSR count). The molecule has 1 aliphatic heterocycles. The zero-order valence-corrected chi connectivity index (χ0v) is 13.5. The van der Waals surface area contributed by atoms with E-state index in [9.17, 15) is 4.79 Å². The van der Waals surface area contributed by atoms with Crippen LogP contribution in [0.4, 0.5) is 0 Å². The van der Waals surface area contributed by atoms with Crippen LogP contribution in [0.25, 0.3) is 0 Å². The molecule has 4 nitrogen and oxygen atoms in total. The first-order valence-corrected chi connectivity index (χ1v) is 7.59. The van der Waals surface area contributed by atoms with Gasteiger partial charge < -0.3 is 15.4 Å². The minimum atomic E-state index is -0.0362. The number of rotatable bonds is 3. The number of hydrogen-bond donors (Lipinski definition) is 1. The highest BCUT2D eigenvalue weighted by molar-refractivity contribution is 9.10. The summed E-state index contributed by atoms with van der Waals surface area (Å²) in [5, 5.41) is 0. The zero-order chi connectivity index (χ0) is 14.8. The number of carbonyl (C=O) groups excluding carboxylic acids is 1. The van der Waals surface area contributed by atoms with Crippen molar-refractivity contribution in [3.63, 3.8) is 0 Å². The van der Waals surface area contributed by atoms with E-state index in [2.05, 4.69) is 29.8 Å². The van der Waals surface area contributed by atoms with E-state index in [0.29, 0.717) is 18.8 Å². The van der Waals surface area contributed by atoms with E-state index in [-0.39, 0.29) is 24.0 Å². The van der Waals surface area contributed by atoms with Crippen LogP contribution in [0, 0.1) is 5.41 Å². The zero-order valence-electron chi connectivity index (χ0n) is 11.9. The van der Waals surface area contributed by atoms with Crippen LogP contribution in [0.1, 0.15) is 20.3 Å². The Hall–Kier alpha value is -1.07. The van der Waals surface area contributed by atoms with Crippen LogP contribution in [0.3, 0.4) is 0 Å². The van der Waals surface area contributed by atoms with E-state index in [1.54, 1.807) is 0 Å². The summed E-state index contributed by atoms with van der Waals surface area (Å²) in [7, 11) is 0. The smallest absolute Gasteiger partial charge is 0.260 e. The van der Waals surface area contributed by atoms with Gasteiger partial charge in [0.2, 0.25) is 0 Å². The van der Waals surface area contributed by atoms with Gasteiger partial charge in [0.05, 0.1) is 0 Å². The standard InChI is InChI=1S/C15H21BrN2O2/c1-15(2)10-18(8-7-13(15)17)14(19)9-20-12-5-3-11(16)4-6-12/h3-6,13H,7-10,17H2,1-2H3. The molecular weight excluding hydrogens is 320 g/mol. The van der Waals surface area contributed by atoms with Gasteiger partial charge in [0.1, 0.15) is 5.75 Å². The van der Waals surface area contributed by atoms with Crippen molar-refractivity contribution in [2.75, 3.05) is 19.7 Å². The average Bonchev–Trinajstić information content (AvgIpc) is 2.41. The molecule has 1 amide bonds. The lowest BCUT2D eigenvalue weighted by atomic mass is 9.80. The van der Waals surface area contributed by atoms with E-state index in [1.807, 2.05) is 29.2 Å². The largest absolute Gasteiger partial charge is 0.484 e. The van der Waals surface area contributed by atoms with Crippen molar-refractivity contribution in [3.05, 3.63) is 28.7 Å². The molecule has 1 aromatic carbocycles. The Bertz CT molecular complexity index is 473. The van der Waals surface area contributed by atoms with Crippen molar-refractivity contribution >= 4 is 21.8 Å². The fraction of sp³-hybridized carbons (Fsp3) is 0.533. The molecular formula is C15H21BrN2O2. The highest BCUT2D eigenvalue weighted by atomic mass is 79.9. The molecule has 1 fully saturated rings. The second-order valence-electron chi connectivity index (χ2n) is 5.94. The quantitative estimate of drug-likeness (QED) is 0.919. The third kappa shape index (κ3) is 3.73. The summed E-state index contributed by atoms with van der Waals surface area (Å²) < 4.78 is 6.52. The molecule has 1 aliphatic rings. The number of nitrogens with zero attached hydrogens (tertiary/aromatic N) is 1. The van der Waals surface area contributed by atoms with Crippen LogP contribution < -0.4 is 10.5 Å². The number of hydrogen-bond acceptors (Lipinski definition) is 3. The van der Waals surface area contributed by atoms with Crippen LogP contribution in [0.5, 0.6) is 5.75 Å². The van der Waals surface area contributed by atoms with Crippen molar-refractivity contribution in [2.45, 2.75) is 26.3 Å². The van der Waals surface area contributed by atoms with Crippen LogP contribution in [-0.4, -0.2) is 36.5 Å². The number of ether oxygens (including phenoxy) is 1. The maximum absolute atomic E-state index is 12.2. The maximum Gasteiger partial charge on any atom is 0.260 e. The summed E-state index contributed by atoms with van der Waals surface area (Å²) in [5.41, 5.74) is 6.04. The van der Waals surface area contributed by atoms with Crippen molar-refractivity contribution in [2.24, 2.45) is 11.1 Å². The second kappa shape index (κ2) is 6.14. The Morgan fingerprint density at radius 2 is 2.10 bits per heavy atom. The highest BCUT2D eigenvalue weighted by Gasteiger charge is 2.35. The fourth-order valence-corrected chi connectivity index (χ4v) is 2.62. The van der Waals surface area contributed by atoms with E-state index in [1.165, 1.54) is 0 Å². The van der Waals surface area contributed by atoms with Gasteiger partial charge in [0.15, 0.2) is 6.61 Å². The third-order valence-electron chi connectivity index (χ3n) is 3.84. The van der Waals surface area contributed by atoms with Crippen molar-refractivity contribution in [1.29, 1.82) is 0 Å². The first kappa shape index (κ1) is 15.3. The molecule has 1 heterocycles. The van der Waals surface area contributed by atoms with Gasteiger partial charge >= 0.3 is 0 Å². The summed E-state index contributed by atoms with van der Waals surface area (Å²) >= 11 is 3.36. The molecule has 0 aromatic heterocycles. The Morgan fingerprint density at radius 1 is 1.45 bits per heavy atom. The lowest BCUT2D eigenvalue weighted by molar-refractivity contribution is -0.136. The Kier molecular flexibility index (Phi) is 4.70. The highest BCUT2D eigenvalue weighted by Crippen LogP contribution is 2.27. The number of benzene rings is 1. The summed E-state index contributed by atoms with van der Waals surface area (Å²) in [5.74, 6) is 0.724. The Balaban J connectivity index is 1.87. The number of halogens is 1. The summed E-state index contributed by atoms with van der Waals surface area (Å²) in [6.07, 6.45) is 0.844. The lowest BCUT2D eigenvalue weighted by Crippen LogP contribution is -2.54. The van der Waals surface area contributed by atoms with Gasteiger partial charge in [-0.25, -0.2) is 0 Å². The van der Waals surface area contributed by atoms with E-state index >= 15 is 0 Å². The van der Waals surface area contributed by atoms with Crippen LogP contribution in [-0.2, 0) is 4.79 Å². The van der Waals surface area contributed by atoms with E-state index in [4.69, 9.17) is 10.5 Å². The predicted octanol–water partition coefficient (Wildman–Crippen LogP) is 2.41. The molecule has 0 aliphatic carbocycles. The molecule has 1 unspecified atom stereocenters. The third-order valence-corrected chi connectivity index (χ3v) is 4.37. The molecule has 0 bridgehead atoms. The Labute approximate surface area is 128 Å². The molecule has 5 heteroatoms. The van der Waals surface area contributed by atoms with E-state index < -0.39 is 0 Å². The van der Waals surface area contributed by atoms with Crippen molar-refractivity contribution in [3.8, 4) is 5.75 Å². The number of likely N-dealkylation sites (tertiary alicyclic amines) is 1. The fourth-order valence-electron chi connectivity index (χ4n) is 2.35. The molecule has 0 spiro atoms. The summed E-state index contributed by atoms with van der Waals surface area (Å²) in [6, 6.07) is 7.62. The van der Waals surface area contributed by atoms with Crippen LogP contribution >= 0.6 is 15.9 Å². The average molecular weight is 341 g/mol. The second-order valence-corrected chi connectivity index (χ2v) is 6.86. The van der Waals surface area contributed by atoms with Gasteiger partial charge in [-0.15, -0.1) is 0 Å². The molecule has 2 N–H and O–H groups in total. The van der Waals surface area contributed by atoms with Crippen molar-refractivity contribution < 1.29 is 9.53 Å². The first-order valence-electron chi connectivity index (χ1n) is 6.80. The molecule has 1 saturated heterocycles. The van der Waals surface area contributed by atoms with Crippen LogP contribution in [0.15, 0.2) is 28.7 Å². The topological polar surface area (TPSA) is 55.6 Å². The molecule has 0 radical (unpaired) electrons. The van der Waals surface area contributed by atoms with Gasteiger partial charge in [-0.1, -0.05) is 29.8 Å².